The number of amides is 3. The molecule has 0 aliphatic carbocycles. The van der Waals surface area contributed by atoms with Gasteiger partial charge in [-0.15, -0.1) is 0 Å². The number of nitrogens with zero attached hydrogens (tertiary/aromatic N) is 1. The Morgan fingerprint density at radius 3 is 1.91 bits per heavy atom. The lowest BCUT2D eigenvalue weighted by molar-refractivity contribution is -0.141. The van der Waals surface area contributed by atoms with Gasteiger partial charge in [0.25, 0.3) is 0 Å². The van der Waals surface area contributed by atoms with Crippen molar-refractivity contribution < 1.29 is 24.3 Å². The molecule has 0 fully saturated rings. The van der Waals surface area contributed by atoms with Crippen LogP contribution in [0.25, 0.3) is 0 Å². The Bertz CT molecular complexity index is 674. The molecule has 4 atom stereocenters. The highest BCUT2D eigenvalue weighted by Gasteiger charge is 2.30. The third-order valence-electron chi connectivity index (χ3n) is 4.25. The molecule has 12 nitrogen and oxygen atoms in total. The molecule has 0 heterocycles. The Kier molecular flexibility index (Phi) is 14.5. The molecule has 0 saturated carbocycles. The summed E-state index contributed by atoms with van der Waals surface area (Å²) in [6, 6.07) is -4.15. The van der Waals surface area contributed by atoms with Gasteiger partial charge in [-0.05, 0) is 25.2 Å². The topological polar surface area (TPSA) is 215 Å². The van der Waals surface area contributed by atoms with Crippen LogP contribution in [0, 0.1) is 5.92 Å². The molecule has 0 rings (SSSR count). The Morgan fingerprint density at radius 1 is 0.906 bits per heavy atom. The number of carbonyl (C=O) groups is 4. The van der Waals surface area contributed by atoms with Crippen LogP contribution >= 0.6 is 25.3 Å². The van der Waals surface area contributed by atoms with E-state index in [4.69, 9.17) is 22.3 Å². The molecule has 0 aromatic carbocycles. The van der Waals surface area contributed by atoms with Crippen molar-refractivity contribution in [3.05, 3.63) is 0 Å². The second kappa shape index (κ2) is 15.6. The van der Waals surface area contributed by atoms with Gasteiger partial charge >= 0.3 is 5.97 Å². The minimum Gasteiger partial charge on any atom is -0.480 e. The maximum Gasteiger partial charge on any atom is 0.327 e. The number of carbonyl (C=O) groups excluding carboxylic acids is 3. The summed E-state index contributed by atoms with van der Waals surface area (Å²) in [5.74, 6) is -3.21. The molecule has 10 N–H and O–H groups in total. The van der Waals surface area contributed by atoms with Crippen molar-refractivity contribution in [2.24, 2.45) is 28.1 Å². The van der Waals surface area contributed by atoms with Gasteiger partial charge < -0.3 is 38.3 Å². The lowest BCUT2D eigenvalue weighted by Gasteiger charge is -2.25. The van der Waals surface area contributed by atoms with Crippen molar-refractivity contribution in [3.63, 3.8) is 0 Å². The van der Waals surface area contributed by atoms with Crippen molar-refractivity contribution in [3.8, 4) is 0 Å². The predicted molar refractivity (Wildman–Crippen MR) is 128 cm³/mol. The van der Waals surface area contributed by atoms with Gasteiger partial charge in [0.2, 0.25) is 17.7 Å². The summed E-state index contributed by atoms with van der Waals surface area (Å²) in [7, 11) is 0. The van der Waals surface area contributed by atoms with Crippen LogP contribution in [-0.4, -0.2) is 77.0 Å². The number of thiol groups is 2. The highest BCUT2D eigenvalue weighted by molar-refractivity contribution is 7.80. The Morgan fingerprint density at radius 2 is 1.44 bits per heavy atom. The molecule has 184 valence electrons. The zero-order chi connectivity index (χ0) is 24.8. The Balaban J connectivity index is 5.47. The van der Waals surface area contributed by atoms with Crippen LogP contribution in [0.15, 0.2) is 4.99 Å². The number of hydrogen-bond acceptors (Lipinski definition) is 8. The molecular weight excluding hydrogens is 458 g/mol. The van der Waals surface area contributed by atoms with Gasteiger partial charge in [-0.3, -0.25) is 19.4 Å². The summed E-state index contributed by atoms with van der Waals surface area (Å²) in [4.78, 5) is 52.8. The normalized spacial score (nSPS) is 14.6. The summed E-state index contributed by atoms with van der Waals surface area (Å²) < 4.78 is 0. The van der Waals surface area contributed by atoms with Gasteiger partial charge in [-0.1, -0.05) is 13.8 Å². The van der Waals surface area contributed by atoms with E-state index in [0.717, 1.165) is 0 Å². The van der Waals surface area contributed by atoms with Crippen LogP contribution in [0.1, 0.15) is 33.1 Å². The van der Waals surface area contributed by atoms with Crippen LogP contribution in [0.3, 0.4) is 0 Å². The first kappa shape index (κ1) is 29.8. The number of carboxylic acid groups (broad SMARTS) is 1. The van der Waals surface area contributed by atoms with Crippen molar-refractivity contribution in [1.82, 2.24) is 16.0 Å². The van der Waals surface area contributed by atoms with E-state index in [1.165, 1.54) is 0 Å². The second-order valence-electron chi connectivity index (χ2n) is 7.57. The highest BCUT2D eigenvalue weighted by atomic mass is 32.1. The molecular formula is C18H35N7O5S2. The number of nitrogens with two attached hydrogens (primary N) is 3. The Labute approximate surface area is 198 Å². The molecule has 14 heteroatoms. The largest absolute Gasteiger partial charge is 0.480 e. The third kappa shape index (κ3) is 12.0. The summed E-state index contributed by atoms with van der Waals surface area (Å²) >= 11 is 7.90. The average Bonchev–Trinajstić information content (AvgIpc) is 2.71. The van der Waals surface area contributed by atoms with Crippen molar-refractivity contribution >= 4 is 54.9 Å². The first-order chi connectivity index (χ1) is 14.9. The third-order valence-corrected chi connectivity index (χ3v) is 5.01. The molecule has 0 aromatic heterocycles. The van der Waals surface area contributed by atoms with Gasteiger partial charge in [-0.2, -0.15) is 25.3 Å². The highest BCUT2D eigenvalue weighted by Crippen LogP contribution is 2.08. The minimum atomic E-state index is -1.26. The minimum absolute atomic E-state index is 0.0491. The fourth-order valence-corrected chi connectivity index (χ4v) is 2.98. The second-order valence-corrected chi connectivity index (χ2v) is 8.30. The van der Waals surface area contributed by atoms with Crippen LogP contribution in [0.2, 0.25) is 0 Å². The summed E-state index contributed by atoms with van der Waals surface area (Å²) in [5.41, 5.74) is 16.2. The fraction of sp³-hybridized carbons (Fsp3) is 0.722. The first-order valence-corrected chi connectivity index (χ1v) is 11.4. The lowest BCUT2D eigenvalue weighted by atomic mass is 10.0. The molecule has 0 aromatic rings. The number of hydrogen-bond donors (Lipinski definition) is 9. The van der Waals surface area contributed by atoms with E-state index in [0.29, 0.717) is 12.8 Å². The van der Waals surface area contributed by atoms with Crippen LogP contribution in [0.5, 0.6) is 0 Å². The van der Waals surface area contributed by atoms with E-state index in [1.54, 1.807) is 0 Å². The zero-order valence-corrected chi connectivity index (χ0v) is 20.1. The standard InChI is InChI=1S/C18H35N7O5S2/c1-9(2)6-12(24-14(26)10(19)7-31)16(28)23-11(4-3-5-22-18(20)21)15(27)25-13(8-32)17(29)30/h9-13,31-32H,3-8,19H2,1-2H3,(H,23,28)(H,24,26)(H,25,27)(H,29,30)(H4,20,21,22). The van der Waals surface area contributed by atoms with Crippen molar-refractivity contribution in [2.45, 2.75) is 57.3 Å². The van der Waals surface area contributed by atoms with Crippen LogP contribution < -0.4 is 33.2 Å². The summed E-state index contributed by atoms with van der Waals surface area (Å²) in [6.07, 6.45) is 0.764. The molecule has 0 aliphatic heterocycles. The molecule has 0 spiro atoms. The number of rotatable bonds is 15. The maximum atomic E-state index is 12.9. The van der Waals surface area contributed by atoms with E-state index in [-0.39, 0.29) is 36.3 Å². The predicted octanol–water partition coefficient (Wildman–Crippen LogP) is -2.19. The molecule has 4 unspecified atom stereocenters. The van der Waals surface area contributed by atoms with E-state index >= 15 is 0 Å². The smallest absolute Gasteiger partial charge is 0.327 e. The van der Waals surface area contributed by atoms with Crippen LogP contribution in [0.4, 0.5) is 0 Å². The van der Waals surface area contributed by atoms with Crippen molar-refractivity contribution in [1.29, 1.82) is 0 Å². The van der Waals surface area contributed by atoms with Crippen LogP contribution in [-0.2, 0) is 19.2 Å². The number of nitrogens with one attached hydrogen (secondary N) is 3. The molecule has 0 saturated heterocycles. The van der Waals surface area contributed by atoms with E-state index in [9.17, 15) is 19.2 Å². The molecule has 0 radical (unpaired) electrons. The summed E-state index contributed by atoms with van der Waals surface area (Å²) in [6.45, 7) is 3.95. The number of aliphatic imine (C=N–C) groups is 1. The quantitative estimate of drug-likeness (QED) is 0.0527. The average molecular weight is 494 g/mol. The molecule has 3 amide bonds. The Hall–Kier alpha value is -2.19. The molecule has 0 aliphatic rings. The lowest BCUT2D eigenvalue weighted by Crippen LogP contribution is -2.57. The van der Waals surface area contributed by atoms with Gasteiger partial charge in [0, 0.05) is 18.1 Å². The monoisotopic (exact) mass is 493 g/mol. The van der Waals surface area contributed by atoms with Gasteiger partial charge in [0.15, 0.2) is 5.96 Å². The molecule has 0 bridgehead atoms. The van der Waals surface area contributed by atoms with E-state index < -0.39 is 47.9 Å². The molecule has 32 heavy (non-hydrogen) atoms. The number of aliphatic carboxylic acids is 1. The van der Waals surface area contributed by atoms with Gasteiger partial charge in [0.05, 0.1) is 6.04 Å². The number of guanidine groups is 1. The maximum absolute atomic E-state index is 12.9. The summed E-state index contributed by atoms with van der Waals surface area (Å²) in [5, 5.41) is 16.7. The zero-order valence-electron chi connectivity index (χ0n) is 18.3. The van der Waals surface area contributed by atoms with Gasteiger partial charge in [0.1, 0.15) is 18.1 Å². The fourth-order valence-electron chi connectivity index (χ4n) is 2.57. The van der Waals surface area contributed by atoms with E-state index in [1.807, 2.05) is 13.8 Å². The number of carboxylic acids is 1. The van der Waals surface area contributed by atoms with Gasteiger partial charge in [-0.25, -0.2) is 4.79 Å². The SMILES string of the molecule is CC(C)CC(NC(=O)C(N)CS)C(=O)NC(CCCN=C(N)N)C(=O)NC(CS)C(=O)O. The first-order valence-electron chi connectivity index (χ1n) is 10.1. The van der Waals surface area contributed by atoms with E-state index in [2.05, 4.69) is 46.2 Å². The van der Waals surface area contributed by atoms with Crippen molar-refractivity contribution in [2.75, 3.05) is 18.1 Å².